The molecule has 7 heteroatoms. The highest BCUT2D eigenvalue weighted by molar-refractivity contribution is 7.10. The highest BCUT2D eigenvalue weighted by atomic mass is 32.1. The second-order valence-corrected chi connectivity index (χ2v) is 4.38. The van der Waals surface area contributed by atoms with Crippen LogP contribution in [-0.4, -0.2) is 34.7 Å². The number of rotatable bonds is 6. The summed E-state index contributed by atoms with van der Waals surface area (Å²) >= 11 is 1.33. The highest BCUT2D eigenvalue weighted by Crippen LogP contribution is 2.16. The maximum Gasteiger partial charge on any atom is 0.326 e. The number of hydrogen-bond acceptors (Lipinski definition) is 5. The molecular weight excluding hydrogens is 244 g/mol. The second-order valence-electron chi connectivity index (χ2n) is 3.40. The van der Waals surface area contributed by atoms with Gasteiger partial charge in [0.25, 0.3) is 0 Å². The predicted molar refractivity (Wildman–Crippen MR) is 62.5 cm³/mol. The number of aliphatic hydroxyl groups is 1. The van der Waals surface area contributed by atoms with Crippen LogP contribution in [0.1, 0.15) is 17.3 Å². The second kappa shape index (κ2) is 6.33. The number of carboxylic acids is 1. The van der Waals surface area contributed by atoms with Crippen molar-refractivity contribution in [3.63, 3.8) is 0 Å². The van der Waals surface area contributed by atoms with Crippen molar-refractivity contribution in [1.29, 1.82) is 0 Å². The van der Waals surface area contributed by atoms with E-state index in [0.29, 0.717) is 4.88 Å². The molecule has 1 rings (SSSR count). The summed E-state index contributed by atoms with van der Waals surface area (Å²) in [5, 5.41) is 21.5. The first-order valence-corrected chi connectivity index (χ1v) is 5.87. The molecule has 2 atom stereocenters. The van der Waals surface area contributed by atoms with E-state index in [-0.39, 0.29) is 13.0 Å². The first kappa shape index (κ1) is 13.6. The number of nitrogens with one attached hydrogen (secondary N) is 1. The van der Waals surface area contributed by atoms with Crippen molar-refractivity contribution in [3.8, 4) is 0 Å². The number of aliphatic hydroxyl groups excluding tert-OH is 1. The quantitative estimate of drug-likeness (QED) is 0.559. The number of nitrogens with two attached hydrogens (primary N) is 1. The third-order valence-corrected chi connectivity index (χ3v) is 3.12. The zero-order valence-electron chi connectivity index (χ0n) is 9.00. The van der Waals surface area contributed by atoms with Gasteiger partial charge in [0, 0.05) is 17.9 Å². The van der Waals surface area contributed by atoms with E-state index in [0.717, 1.165) is 0 Å². The maximum absolute atomic E-state index is 11.7. The fraction of sp³-hybridized carbons (Fsp3) is 0.400. The Morgan fingerprint density at radius 2 is 2.24 bits per heavy atom. The van der Waals surface area contributed by atoms with Crippen molar-refractivity contribution in [2.75, 3.05) is 6.61 Å². The Morgan fingerprint density at radius 3 is 2.71 bits per heavy atom. The minimum Gasteiger partial charge on any atom is -0.480 e. The summed E-state index contributed by atoms with van der Waals surface area (Å²) in [5.74, 6) is -1.75. The first-order valence-electron chi connectivity index (χ1n) is 4.99. The summed E-state index contributed by atoms with van der Waals surface area (Å²) in [7, 11) is 0. The topological polar surface area (TPSA) is 113 Å². The van der Waals surface area contributed by atoms with E-state index in [1.807, 2.05) is 0 Å². The van der Waals surface area contributed by atoms with Crippen LogP contribution in [0.15, 0.2) is 17.5 Å². The van der Waals surface area contributed by atoms with Gasteiger partial charge in [0.05, 0.1) is 0 Å². The highest BCUT2D eigenvalue weighted by Gasteiger charge is 2.23. The molecule has 17 heavy (non-hydrogen) atoms. The van der Waals surface area contributed by atoms with Gasteiger partial charge in [-0.15, -0.1) is 11.3 Å². The molecule has 0 aliphatic carbocycles. The van der Waals surface area contributed by atoms with Crippen molar-refractivity contribution in [3.05, 3.63) is 22.4 Å². The summed E-state index contributed by atoms with van der Waals surface area (Å²) in [4.78, 5) is 23.1. The zero-order valence-corrected chi connectivity index (χ0v) is 9.81. The third-order valence-electron chi connectivity index (χ3n) is 2.16. The summed E-state index contributed by atoms with van der Waals surface area (Å²) in [6, 6.07) is 1.47. The molecule has 0 radical (unpaired) electrons. The van der Waals surface area contributed by atoms with Gasteiger partial charge in [0.15, 0.2) is 0 Å². The molecule has 6 nitrogen and oxygen atoms in total. The summed E-state index contributed by atoms with van der Waals surface area (Å²) < 4.78 is 0. The van der Waals surface area contributed by atoms with Crippen LogP contribution in [0.5, 0.6) is 0 Å². The summed E-state index contributed by atoms with van der Waals surface area (Å²) in [5.41, 5.74) is 5.67. The average molecular weight is 258 g/mol. The van der Waals surface area contributed by atoms with Gasteiger partial charge in [0.1, 0.15) is 12.1 Å². The molecule has 0 fully saturated rings. The van der Waals surface area contributed by atoms with Gasteiger partial charge in [-0.2, -0.15) is 0 Å². The molecule has 1 amide bonds. The van der Waals surface area contributed by atoms with E-state index in [1.165, 1.54) is 11.3 Å². The monoisotopic (exact) mass is 258 g/mol. The van der Waals surface area contributed by atoms with Gasteiger partial charge >= 0.3 is 5.97 Å². The van der Waals surface area contributed by atoms with Gasteiger partial charge in [-0.3, -0.25) is 4.79 Å². The summed E-state index contributed by atoms with van der Waals surface area (Å²) in [6.45, 7) is -0.314. The molecule has 1 unspecified atom stereocenters. The zero-order chi connectivity index (χ0) is 12.8. The first-order chi connectivity index (χ1) is 8.06. The Hall–Kier alpha value is -1.44. The number of carbonyl (C=O) groups is 2. The molecule has 0 aliphatic heterocycles. The largest absolute Gasteiger partial charge is 0.480 e. The standard InChI is InChI=1S/C10H14N2O4S/c11-8(7-2-1-5-17-7)9(14)12-6(3-4-13)10(15)16/h1-2,5-6,8,13H,3-4,11H2,(H,12,14)(H,15,16)/t6-,8?/m1/s1. The van der Waals surface area contributed by atoms with Crippen LogP contribution in [-0.2, 0) is 9.59 Å². The molecule has 0 saturated carbocycles. The Kier molecular flexibility index (Phi) is 5.08. The van der Waals surface area contributed by atoms with Gasteiger partial charge in [-0.25, -0.2) is 4.79 Å². The van der Waals surface area contributed by atoms with E-state index in [1.54, 1.807) is 17.5 Å². The number of thiophene rings is 1. The fourth-order valence-electron chi connectivity index (χ4n) is 1.25. The fourth-order valence-corrected chi connectivity index (χ4v) is 1.97. The molecule has 0 bridgehead atoms. The van der Waals surface area contributed by atoms with Crippen LogP contribution in [0.3, 0.4) is 0 Å². The molecule has 94 valence electrons. The van der Waals surface area contributed by atoms with E-state index >= 15 is 0 Å². The van der Waals surface area contributed by atoms with Gasteiger partial charge in [0.2, 0.25) is 5.91 Å². The Balaban J connectivity index is 2.61. The SMILES string of the molecule is NC(C(=O)N[C@H](CCO)C(=O)O)c1cccs1. The third kappa shape index (κ3) is 3.81. The average Bonchev–Trinajstić information content (AvgIpc) is 2.80. The number of carbonyl (C=O) groups excluding carboxylic acids is 1. The molecule has 1 aromatic rings. The van der Waals surface area contributed by atoms with E-state index < -0.39 is 24.0 Å². The maximum atomic E-state index is 11.7. The van der Waals surface area contributed by atoms with Crippen molar-refractivity contribution in [2.24, 2.45) is 5.73 Å². The van der Waals surface area contributed by atoms with E-state index in [4.69, 9.17) is 15.9 Å². The predicted octanol–water partition coefficient (Wildman–Crippen LogP) is -0.300. The van der Waals surface area contributed by atoms with Crippen LogP contribution in [0.2, 0.25) is 0 Å². The molecule has 1 aromatic heterocycles. The van der Waals surface area contributed by atoms with Gasteiger partial charge < -0.3 is 21.3 Å². The van der Waals surface area contributed by atoms with Crippen LogP contribution in [0.25, 0.3) is 0 Å². The molecule has 5 N–H and O–H groups in total. The van der Waals surface area contributed by atoms with Crippen molar-refractivity contribution in [1.82, 2.24) is 5.32 Å². The molecule has 0 aliphatic rings. The Bertz CT molecular complexity index is 380. The van der Waals surface area contributed by atoms with Crippen LogP contribution in [0.4, 0.5) is 0 Å². The van der Waals surface area contributed by atoms with Crippen molar-refractivity contribution < 1.29 is 19.8 Å². The lowest BCUT2D eigenvalue weighted by Crippen LogP contribution is -2.45. The number of carboxylic acid groups (broad SMARTS) is 1. The van der Waals surface area contributed by atoms with Crippen LogP contribution >= 0.6 is 11.3 Å². The lowest BCUT2D eigenvalue weighted by atomic mass is 10.2. The van der Waals surface area contributed by atoms with Gasteiger partial charge in [-0.1, -0.05) is 6.07 Å². The normalized spacial score (nSPS) is 14.0. The Labute approximate surface area is 102 Å². The number of amides is 1. The smallest absolute Gasteiger partial charge is 0.326 e. The van der Waals surface area contributed by atoms with Gasteiger partial charge in [-0.05, 0) is 11.4 Å². The van der Waals surface area contributed by atoms with Crippen LogP contribution in [0, 0.1) is 0 Å². The van der Waals surface area contributed by atoms with Crippen molar-refractivity contribution >= 4 is 23.2 Å². The minimum absolute atomic E-state index is 0.0434. The molecule has 1 heterocycles. The number of hydrogen-bond donors (Lipinski definition) is 4. The lowest BCUT2D eigenvalue weighted by molar-refractivity contribution is -0.142. The molecular formula is C10H14N2O4S. The number of aliphatic carboxylic acids is 1. The molecule has 0 spiro atoms. The summed E-state index contributed by atoms with van der Waals surface area (Å²) in [6.07, 6.45) is -0.0434. The minimum atomic E-state index is -1.19. The van der Waals surface area contributed by atoms with Crippen molar-refractivity contribution in [2.45, 2.75) is 18.5 Å². The van der Waals surface area contributed by atoms with Crippen LogP contribution < -0.4 is 11.1 Å². The lowest BCUT2D eigenvalue weighted by Gasteiger charge is -2.16. The molecule has 0 aromatic carbocycles. The van der Waals surface area contributed by atoms with E-state index in [2.05, 4.69) is 5.32 Å². The molecule has 0 saturated heterocycles. The van der Waals surface area contributed by atoms with E-state index in [9.17, 15) is 9.59 Å². The Morgan fingerprint density at radius 1 is 1.53 bits per heavy atom.